The third-order valence-electron chi connectivity index (χ3n) is 8.57. The van der Waals surface area contributed by atoms with Crippen molar-refractivity contribution < 1.29 is 0 Å². The molecule has 0 bridgehead atoms. The van der Waals surface area contributed by atoms with Crippen LogP contribution in [0, 0.1) is 0 Å². The van der Waals surface area contributed by atoms with Crippen molar-refractivity contribution in [3.63, 3.8) is 0 Å². The molecule has 6 heteroatoms. The molecule has 0 aliphatic carbocycles. The van der Waals surface area contributed by atoms with Crippen molar-refractivity contribution in [2.75, 3.05) is 0 Å². The minimum Gasteiger partial charge on any atom is -0.237 e. The van der Waals surface area contributed by atoms with Crippen LogP contribution in [0.5, 0.6) is 0 Å². The zero-order valence-corrected chi connectivity index (χ0v) is 32.3. The summed E-state index contributed by atoms with van der Waals surface area (Å²) in [5.74, 6) is 0. The molecule has 48 heavy (non-hydrogen) atoms. The van der Waals surface area contributed by atoms with Gasteiger partial charge in [-0.25, -0.2) is 12.5 Å². The Balaban J connectivity index is 0.00000115. The smallest absolute Gasteiger partial charge is 0.169 e. The summed E-state index contributed by atoms with van der Waals surface area (Å²) in [7, 11) is -0.972. The van der Waals surface area contributed by atoms with Crippen molar-refractivity contribution in [3.8, 4) is 40.4 Å². The Labute approximate surface area is 314 Å². The van der Waals surface area contributed by atoms with E-state index in [0.29, 0.717) is 0 Å². The predicted octanol–water partition coefficient (Wildman–Crippen LogP) is 14.5. The molecule has 0 N–H and O–H groups in total. The lowest BCUT2D eigenvalue weighted by Crippen LogP contribution is -1.85. The molecule has 0 saturated carbocycles. The highest BCUT2D eigenvalue weighted by Crippen LogP contribution is 2.42. The lowest BCUT2D eigenvalue weighted by Gasteiger charge is -2.01. The van der Waals surface area contributed by atoms with Gasteiger partial charge in [-0.2, -0.15) is 0 Å². The molecule has 0 nitrogen and oxygen atoms in total. The molecule has 4 aromatic heterocycles. The number of hydrogen-bond donors (Lipinski definition) is 1. The average Bonchev–Trinajstić information content (AvgIpc) is 3.95. The van der Waals surface area contributed by atoms with Crippen LogP contribution >= 0.6 is 57.8 Å². The molecule has 6 rings (SSSR count). The molecular weight excluding hydrogens is 676 g/mol. The van der Waals surface area contributed by atoms with Gasteiger partial charge in [0.2, 0.25) is 0 Å². The van der Waals surface area contributed by atoms with E-state index >= 15 is 0 Å². The third kappa shape index (κ3) is 9.98. The summed E-state index contributed by atoms with van der Waals surface area (Å²) in [5, 5.41) is 4.39. The highest BCUT2D eigenvalue weighted by atomic mass is 32.1. The Morgan fingerprint density at radius 3 is 1.35 bits per heavy atom. The maximum absolute atomic E-state index is 6.11. The Hall–Kier alpha value is -2.61. The van der Waals surface area contributed by atoms with Crippen LogP contribution < -0.4 is 0 Å². The number of benzene rings is 2. The summed E-state index contributed by atoms with van der Waals surface area (Å²) >= 11 is 10.9. The van der Waals surface area contributed by atoms with E-state index in [-0.39, 0.29) is 0 Å². The van der Waals surface area contributed by atoms with Crippen molar-refractivity contribution in [3.05, 3.63) is 118 Å². The maximum atomic E-state index is 6.11. The SMILES string of the molecule is CCCCCCc1cc(-c2ccc(/C=C/c3ccc(-c4cc(CCCCCC)c(-c5cccs5)s4)cc3)cc2)sc1-c1cccs1.[3H]B([3H])S. The number of thiol groups is 1. The maximum Gasteiger partial charge on any atom is 0.169 e. The molecule has 0 amide bonds. The molecule has 0 aliphatic rings. The van der Waals surface area contributed by atoms with E-state index in [1.54, 1.807) is 0 Å². The second-order valence-electron chi connectivity index (χ2n) is 12.1. The number of unbranched alkanes of at least 4 members (excludes halogenated alkanes) is 6. The minimum absolute atomic E-state index is 0.972. The molecule has 0 aliphatic heterocycles. The summed E-state index contributed by atoms with van der Waals surface area (Å²) in [6.45, 7) is 4.57. The highest BCUT2D eigenvalue weighted by Gasteiger charge is 2.15. The first kappa shape index (κ1) is 33.9. The molecule has 0 spiro atoms. The fraction of sp³-hybridized carbons (Fsp3) is 0.286. The summed E-state index contributed by atoms with van der Waals surface area (Å²) in [6, 6.07) is 32.0. The van der Waals surface area contributed by atoms with Crippen LogP contribution in [-0.2, 0) is 12.8 Å². The normalized spacial score (nSPS) is 11.7. The minimum atomic E-state index is -0.972. The molecule has 0 fully saturated rings. The van der Waals surface area contributed by atoms with Crippen molar-refractivity contribution in [2.24, 2.45) is 0 Å². The standard InChI is InChI=1S/C42H44S4.BH3S/c1-3-5-7-9-13-35-29-39(45-41(35)37-15-11-27-43-37)33-23-19-31(20-24-33)17-18-32-21-25-34(26-22-32)40-30-36(14-10-8-6-4-2)42(46-40)38-16-12-28-44-38;1-2/h11-12,15-30H,3-10,13-14H2,1-2H3;2H,1H2/b18-17+;/i;1T2. The van der Waals surface area contributed by atoms with Gasteiger partial charge < -0.3 is 0 Å². The van der Waals surface area contributed by atoms with Gasteiger partial charge in [-0.15, -0.1) is 45.3 Å². The summed E-state index contributed by atoms with van der Waals surface area (Å²) in [4.78, 5) is 8.47. The highest BCUT2D eigenvalue weighted by molar-refractivity contribution is 8.03. The van der Waals surface area contributed by atoms with E-state index in [1.807, 2.05) is 45.3 Å². The predicted molar refractivity (Wildman–Crippen MR) is 228 cm³/mol. The van der Waals surface area contributed by atoms with Crippen LogP contribution in [-0.4, -0.2) is 9.72 Å². The van der Waals surface area contributed by atoms with Crippen molar-refractivity contribution >= 4 is 77.0 Å². The lowest BCUT2D eigenvalue weighted by molar-refractivity contribution is 0.668. The Morgan fingerprint density at radius 1 is 0.583 bits per heavy atom. The van der Waals surface area contributed by atoms with E-state index in [1.165, 1.54) is 127 Å². The molecule has 0 saturated heterocycles. The molecule has 4 heterocycles. The number of hydrogen-bond acceptors (Lipinski definition) is 5. The summed E-state index contributed by atoms with van der Waals surface area (Å²) < 4.78 is 12.2. The van der Waals surface area contributed by atoms with Gasteiger partial charge in [-0.3, -0.25) is 0 Å². The lowest BCUT2D eigenvalue weighted by atomic mass is 10.0. The van der Waals surface area contributed by atoms with E-state index in [0.717, 1.165) is 0 Å². The molecule has 0 atom stereocenters. The largest absolute Gasteiger partial charge is 0.237 e. The zero-order chi connectivity index (χ0) is 35.1. The molecule has 0 unspecified atom stereocenters. The van der Waals surface area contributed by atoms with Gasteiger partial charge in [0.1, 0.15) is 0 Å². The van der Waals surface area contributed by atoms with Gasteiger partial charge in [0, 0.05) is 29.3 Å². The van der Waals surface area contributed by atoms with Crippen LogP contribution in [0.25, 0.3) is 52.5 Å². The average molecular weight is 727 g/mol. The fourth-order valence-electron chi connectivity index (χ4n) is 5.94. The topological polar surface area (TPSA) is 0 Å². The number of rotatable bonds is 16. The van der Waals surface area contributed by atoms with Crippen molar-refractivity contribution in [1.29, 1.82) is 2.67 Å². The van der Waals surface area contributed by atoms with Crippen molar-refractivity contribution in [2.45, 2.75) is 78.1 Å². The van der Waals surface area contributed by atoms with Crippen LogP contribution in [0.2, 0.25) is 0 Å². The van der Waals surface area contributed by atoms with E-state index in [4.69, 9.17) is 2.67 Å². The molecule has 6 aromatic rings. The van der Waals surface area contributed by atoms with Gasteiger partial charge in [0.25, 0.3) is 0 Å². The fourth-order valence-corrected chi connectivity index (χ4v) is 10.1. The Morgan fingerprint density at radius 2 is 1.00 bits per heavy atom. The van der Waals surface area contributed by atoms with Crippen LogP contribution in [0.3, 0.4) is 0 Å². The molecular formula is C42H47BS5. The molecule has 2 aromatic carbocycles. The van der Waals surface area contributed by atoms with Crippen LogP contribution in [0.4, 0.5) is 0 Å². The Kier molecular flexibility index (Phi) is 13.8. The zero-order valence-electron chi connectivity index (χ0n) is 30.1. The van der Waals surface area contributed by atoms with Gasteiger partial charge in [-0.05, 0) is 96.8 Å². The molecule has 248 valence electrons. The first-order chi connectivity index (χ1) is 24.4. The third-order valence-corrected chi connectivity index (χ3v) is 13.1. The van der Waals surface area contributed by atoms with E-state index in [2.05, 4.69) is 134 Å². The van der Waals surface area contributed by atoms with Crippen LogP contribution in [0.1, 0.15) is 87.5 Å². The first-order valence-corrected chi connectivity index (χ1v) is 21.1. The van der Waals surface area contributed by atoms with Crippen LogP contribution in [0.15, 0.2) is 95.7 Å². The van der Waals surface area contributed by atoms with Gasteiger partial charge in [-0.1, -0.05) is 125 Å². The molecule has 0 radical (unpaired) electrons. The number of thiophene rings is 4. The summed E-state index contributed by atoms with van der Waals surface area (Å²) in [6.07, 6.45) is 17.2. The quantitative estimate of drug-likeness (QED) is 0.0437. The second kappa shape index (κ2) is 19.5. The van der Waals surface area contributed by atoms with Gasteiger partial charge in [0.15, 0.2) is 7.05 Å². The number of aryl methyl sites for hydroxylation is 2. The Bertz CT molecular complexity index is 1710. The first-order valence-electron chi connectivity index (χ1n) is 18.3. The van der Waals surface area contributed by atoms with E-state index in [9.17, 15) is 0 Å². The van der Waals surface area contributed by atoms with Gasteiger partial charge in [0.05, 0.1) is 0 Å². The van der Waals surface area contributed by atoms with E-state index < -0.39 is 7.05 Å². The van der Waals surface area contributed by atoms with Crippen molar-refractivity contribution in [1.82, 2.24) is 0 Å². The van der Waals surface area contributed by atoms with Gasteiger partial charge >= 0.3 is 0 Å². The summed E-state index contributed by atoms with van der Waals surface area (Å²) in [5.41, 5.74) is 8.11. The second-order valence-corrected chi connectivity index (χ2v) is 16.1. The monoisotopic (exact) mass is 726 g/mol.